The smallest absolute Gasteiger partial charge is 0.0991 e. The van der Waals surface area contributed by atoms with Crippen molar-refractivity contribution in [1.82, 2.24) is 0 Å². The summed E-state index contributed by atoms with van der Waals surface area (Å²) >= 11 is 0. The number of hydrogen-bond acceptors (Lipinski definition) is 2. The molecule has 0 saturated carbocycles. The summed E-state index contributed by atoms with van der Waals surface area (Å²) in [4.78, 5) is 2.43. The minimum Gasteiger partial charge on any atom is -0.372 e. The third kappa shape index (κ3) is 2.85. The summed E-state index contributed by atoms with van der Waals surface area (Å²) in [6.07, 6.45) is 2.53. The quantitative estimate of drug-likeness (QED) is 0.748. The van der Waals surface area contributed by atoms with Crippen LogP contribution in [0.5, 0.6) is 0 Å². The molecule has 1 aromatic rings. The van der Waals surface area contributed by atoms with Crippen LogP contribution in [0.25, 0.3) is 0 Å². The van der Waals surface area contributed by atoms with Crippen LogP contribution in [-0.2, 0) is 0 Å². The van der Waals surface area contributed by atoms with Gasteiger partial charge in [-0.1, -0.05) is 20.8 Å². The van der Waals surface area contributed by atoms with Crippen LogP contribution in [0.3, 0.4) is 0 Å². The van der Waals surface area contributed by atoms with Gasteiger partial charge in [-0.25, -0.2) is 0 Å². The summed E-state index contributed by atoms with van der Waals surface area (Å²) in [5.74, 6) is 0.826. The highest BCUT2D eigenvalue weighted by atomic mass is 15.1. The van der Waals surface area contributed by atoms with Gasteiger partial charge in [-0.3, -0.25) is 0 Å². The Morgan fingerprint density at radius 3 is 2.11 bits per heavy atom. The van der Waals surface area contributed by atoms with Crippen molar-refractivity contribution < 1.29 is 0 Å². The topological polar surface area (TPSA) is 27.0 Å². The molecule has 0 unspecified atom stereocenters. The zero-order chi connectivity index (χ0) is 13.2. The number of anilines is 1. The van der Waals surface area contributed by atoms with Crippen LogP contribution in [0.2, 0.25) is 0 Å². The molecule has 96 valence electrons. The summed E-state index contributed by atoms with van der Waals surface area (Å²) in [5, 5.41) is 8.80. The Labute approximate surface area is 110 Å². The van der Waals surface area contributed by atoms with E-state index >= 15 is 0 Å². The van der Waals surface area contributed by atoms with Gasteiger partial charge in [0.25, 0.3) is 0 Å². The average Bonchev–Trinajstić information content (AvgIpc) is 2.38. The van der Waals surface area contributed by atoms with E-state index in [-0.39, 0.29) is 0 Å². The molecular weight excluding hydrogens is 220 g/mol. The highest BCUT2D eigenvalue weighted by Crippen LogP contribution is 2.35. The van der Waals surface area contributed by atoms with E-state index in [9.17, 15) is 0 Å². The molecule has 0 aromatic heterocycles. The Balaban J connectivity index is 1.99. The first-order chi connectivity index (χ1) is 8.50. The molecule has 0 aliphatic carbocycles. The zero-order valence-corrected chi connectivity index (χ0v) is 11.6. The van der Waals surface area contributed by atoms with Crippen molar-refractivity contribution in [2.75, 3.05) is 18.0 Å². The molecule has 0 bridgehead atoms. The van der Waals surface area contributed by atoms with Crippen molar-refractivity contribution in [2.24, 2.45) is 11.3 Å². The largest absolute Gasteiger partial charge is 0.372 e. The number of nitrogens with zero attached hydrogens (tertiary/aromatic N) is 2. The Morgan fingerprint density at radius 2 is 1.67 bits per heavy atom. The molecular formula is C16H22N2. The van der Waals surface area contributed by atoms with E-state index in [1.807, 2.05) is 12.1 Å². The molecule has 0 N–H and O–H groups in total. The second kappa shape index (κ2) is 5.02. The summed E-state index contributed by atoms with van der Waals surface area (Å²) in [7, 11) is 0. The Morgan fingerprint density at radius 1 is 1.11 bits per heavy atom. The van der Waals surface area contributed by atoms with E-state index in [4.69, 9.17) is 5.26 Å². The fraction of sp³-hybridized carbons (Fsp3) is 0.562. The lowest BCUT2D eigenvalue weighted by Crippen LogP contribution is -2.37. The standard InChI is InChI=1S/C16H22N2/c1-16(2,3)14-8-10-18(11-9-14)15-6-4-13(12-17)5-7-15/h4-7,14H,8-11H2,1-3H3. The van der Waals surface area contributed by atoms with Crippen LogP contribution in [0.4, 0.5) is 5.69 Å². The predicted octanol–water partition coefficient (Wildman–Crippen LogP) is 3.82. The monoisotopic (exact) mass is 242 g/mol. The number of benzene rings is 1. The van der Waals surface area contributed by atoms with E-state index in [2.05, 4.69) is 43.9 Å². The van der Waals surface area contributed by atoms with Crippen molar-refractivity contribution in [3.8, 4) is 6.07 Å². The molecule has 1 saturated heterocycles. The van der Waals surface area contributed by atoms with Gasteiger partial charge in [0.2, 0.25) is 0 Å². The van der Waals surface area contributed by atoms with Gasteiger partial charge < -0.3 is 4.90 Å². The SMILES string of the molecule is CC(C)(C)C1CCN(c2ccc(C#N)cc2)CC1. The van der Waals surface area contributed by atoms with Crippen LogP contribution >= 0.6 is 0 Å². The van der Waals surface area contributed by atoms with Gasteiger partial charge in [0.1, 0.15) is 0 Å². The lowest BCUT2D eigenvalue weighted by molar-refractivity contribution is 0.199. The third-order valence-corrected chi connectivity index (χ3v) is 4.08. The third-order valence-electron chi connectivity index (χ3n) is 4.08. The molecule has 1 aliphatic rings. The Hall–Kier alpha value is -1.49. The van der Waals surface area contributed by atoms with Gasteiger partial charge in [0.05, 0.1) is 11.6 Å². The first-order valence-electron chi connectivity index (χ1n) is 6.76. The lowest BCUT2D eigenvalue weighted by Gasteiger charge is -2.39. The summed E-state index contributed by atoms with van der Waals surface area (Å²) in [6.45, 7) is 9.29. The molecule has 18 heavy (non-hydrogen) atoms. The minimum atomic E-state index is 0.427. The average molecular weight is 242 g/mol. The molecule has 1 fully saturated rings. The first-order valence-corrected chi connectivity index (χ1v) is 6.76. The van der Waals surface area contributed by atoms with Gasteiger partial charge in [0, 0.05) is 18.8 Å². The predicted molar refractivity (Wildman–Crippen MR) is 75.5 cm³/mol. The molecule has 0 amide bonds. The zero-order valence-electron chi connectivity index (χ0n) is 11.6. The number of piperidine rings is 1. The molecule has 2 nitrogen and oxygen atoms in total. The van der Waals surface area contributed by atoms with E-state index in [1.165, 1.54) is 18.5 Å². The van der Waals surface area contributed by atoms with Gasteiger partial charge in [0.15, 0.2) is 0 Å². The van der Waals surface area contributed by atoms with Crippen molar-refractivity contribution in [3.63, 3.8) is 0 Å². The number of hydrogen-bond donors (Lipinski definition) is 0. The molecule has 1 heterocycles. The maximum atomic E-state index is 8.80. The van der Waals surface area contributed by atoms with Crippen LogP contribution in [0.1, 0.15) is 39.2 Å². The summed E-state index contributed by atoms with van der Waals surface area (Å²) in [5.41, 5.74) is 2.42. The lowest BCUT2D eigenvalue weighted by atomic mass is 9.75. The van der Waals surface area contributed by atoms with Crippen LogP contribution < -0.4 is 4.90 Å². The number of nitriles is 1. The van der Waals surface area contributed by atoms with Gasteiger partial charge in [-0.2, -0.15) is 5.26 Å². The number of rotatable bonds is 1. The van der Waals surface area contributed by atoms with Crippen molar-refractivity contribution in [2.45, 2.75) is 33.6 Å². The van der Waals surface area contributed by atoms with Crippen LogP contribution in [-0.4, -0.2) is 13.1 Å². The van der Waals surface area contributed by atoms with E-state index < -0.39 is 0 Å². The van der Waals surface area contributed by atoms with E-state index in [1.54, 1.807) is 0 Å². The normalized spacial score (nSPS) is 17.6. The molecule has 1 aliphatic heterocycles. The molecule has 2 heteroatoms. The highest BCUT2D eigenvalue weighted by Gasteiger charge is 2.28. The molecule has 1 aromatic carbocycles. The molecule has 0 radical (unpaired) electrons. The van der Waals surface area contributed by atoms with Gasteiger partial charge >= 0.3 is 0 Å². The molecule has 2 rings (SSSR count). The Bertz CT molecular complexity index is 426. The van der Waals surface area contributed by atoms with Crippen molar-refractivity contribution >= 4 is 5.69 Å². The van der Waals surface area contributed by atoms with E-state index in [0.29, 0.717) is 5.41 Å². The maximum Gasteiger partial charge on any atom is 0.0991 e. The maximum absolute atomic E-state index is 8.80. The Kier molecular flexibility index (Phi) is 3.61. The second-order valence-electron chi connectivity index (χ2n) is 6.29. The van der Waals surface area contributed by atoms with Crippen LogP contribution in [0.15, 0.2) is 24.3 Å². The van der Waals surface area contributed by atoms with Crippen molar-refractivity contribution in [3.05, 3.63) is 29.8 Å². The minimum absolute atomic E-state index is 0.427. The van der Waals surface area contributed by atoms with Gasteiger partial charge in [-0.15, -0.1) is 0 Å². The second-order valence-corrected chi connectivity index (χ2v) is 6.29. The fourth-order valence-electron chi connectivity index (χ4n) is 2.75. The van der Waals surface area contributed by atoms with Crippen molar-refractivity contribution in [1.29, 1.82) is 5.26 Å². The van der Waals surface area contributed by atoms with Gasteiger partial charge in [-0.05, 0) is 48.4 Å². The van der Waals surface area contributed by atoms with E-state index in [0.717, 1.165) is 24.6 Å². The summed E-state index contributed by atoms with van der Waals surface area (Å²) < 4.78 is 0. The molecule has 0 spiro atoms. The highest BCUT2D eigenvalue weighted by molar-refractivity contribution is 5.49. The molecule has 0 atom stereocenters. The fourth-order valence-corrected chi connectivity index (χ4v) is 2.75. The first kappa shape index (κ1) is 13.0. The summed E-state index contributed by atoms with van der Waals surface area (Å²) in [6, 6.07) is 10.1. The van der Waals surface area contributed by atoms with Crippen LogP contribution in [0, 0.1) is 22.7 Å².